The number of hydroxylamine groups is 2. The van der Waals surface area contributed by atoms with Crippen molar-refractivity contribution < 1.29 is 4.84 Å². The second-order valence-corrected chi connectivity index (χ2v) is 2.42. The molecule has 2 nitrogen and oxygen atoms in total. The van der Waals surface area contributed by atoms with E-state index in [-0.39, 0.29) is 0 Å². The van der Waals surface area contributed by atoms with Crippen molar-refractivity contribution in [1.82, 2.24) is 5.06 Å². The number of allylic oxidation sites excluding steroid dienone is 2. The van der Waals surface area contributed by atoms with Crippen molar-refractivity contribution in [3.05, 3.63) is 24.4 Å². The Kier molecular flexibility index (Phi) is 0.623. The third-order valence-electron chi connectivity index (χ3n) is 1.16. The van der Waals surface area contributed by atoms with Crippen molar-refractivity contribution in [1.29, 1.82) is 0 Å². The Morgan fingerprint density at radius 1 is 1.50 bits per heavy atom. The van der Waals surface area contributed by atoms with Crippen molar-refractivity contribution in [3.8, 4) is 0 Å². The van der Waals surface area contributed by atoms with Gasteiger partial charge in [0.05, 0.1) is 0 Å². The summed E-state index contributed by atoms with van der Waals surface area (Å²) in [6, 6.07) is 0. The SMILES string of the molecule is SC12C=CC=CN1O2. The van der Waals surface area contributed by atoms with Crippen LogP contribution in [0.1, 0.15) is 0 Å². The molecule has 1 fully saturated rings. The van der Waals surface area contributed by atoms with E-state index in [1.165, 1.54) is 0 Å². The molecular formula is C5H5NOS. The summed E-state index contributed by atoms with van der Waals surface area (Å²) in [7, 11) is 0. The summed E-state index contributed by atoms with van der Waals surface area (Å²) in [6.07, 6.45) is 7.54. The molecule has 1 saturated heterocycles. The lowest BCUT2D eigenvalue weighted by Gasteiger charge is -1.96. The minimum atomic E-state index is -0.394. The van der Waals surface area contributed by atoms with Gasteiger partial charge in [0, 0.05) is 6.20 Å². The Morgan fingerprint density at radius 3 is 2.88 bits per heavy atom. The summed E-state index contributed by atoms with van der Waals surface area (Å²) in [5.74, 6) is 0. The number of thiol groups is 1. The van der Waals surface area contributed by atoms with Crippen LogP contribution in [-0.4, -0.2) is 10.1 Å². The highest BCUT2D eigenvalue weighted by molar-refractivity contribution is 7.82. The van der Waals surface area contributed by atoms with Gasteiger partial charge in [0.1, 0.15) is 0 Å². The van der Waals surface area contributed by atoms with Crippen molar-refractivity contribution in [2.75, 3.05) is 0 Å². The number of fused-ring (bicyclic) bond motifs is 1. The first kappa shape index (κ1) is 4.47. The van der Waals surface area contributed by atoms with Crippen molar-refractivity contribution in [3.63, 3.8) is 0 Å². The summed E-state index contributed by atoms with van der Waals surface area (Å²) >= 11 is 4.16. The van der Waals surface area contributed by atoms with E-state index in [0.29, 0.717) is 0 Å². The van der Waals surface area contributed by atoms with Gasteiger partial charge in [0.2, 0.25) is 0 Å². The van der Waals surface area contributed by atoms with Gasteiger partial charge in [-0.1, -0.05) is 6.08 Å². The molecule has 2 aliphatic rings. The highest BCUT2D eigenvalue weighted by atomic mass is 32.1. The number of hydrogen-bond donors (Lipinski definition) is 1. The molecule has 8 heavy (non-hydrogen) atoms. The summed E-state index contributed by atoms with van der Waals surface area (Å²) in [4.78, 5) is 4.99. The van der Waals surface area contributed by atoms with E-state index in [1.807, 2.05) is 24.4 Å². The van der Waals surface area contributed by atoms with Crippen molar-refractivity contribution in [2.45, 2.75) is 5.06 Å². The molecule has 0 aromatic rings. The molecule has 1 unspecified atom stereocenters. The van der Waals surface area contributed by atoms with E-state index in [0.717, 1.165) is 0 Å². The second-order valence-electron chi connectivity index (χ2n) is 1.78. The van der Waals surface area contributed by atoms with Crippen LogP contribution in [0.3, 0.4) is 0 Å². The standard InChI is InChI=1S/C5H5NOS/c8-5-3-1-2-4-6(5)7-5/h1-4,8H. The van der Waals surface area contributed by atoms with Crippen LogP contribution in [0.2, 0.25) is 0 Å². The van der Waals surface area contributed by atoms with Gasteiger partial charge in [-0.3, -0.25) is 0 Å². The van der Waals surface area contributed by atoms with E-state index in [9.17, 15) is 0 Å². The van der Waals surface area contributed by atoms with E-state index in [1.54, 1.807) is 5.06 Å². The quantitative estimate of drug-likeness (QED) is 0.384. The maximum absolute atomic E-state index is 4.99. The molecule has 42 valence electrons. The fourth-order valence-corrected chi connectivity index (χ4v) is 0.915. The second kappa shape index (κ2) is 1.11. The molecule has 0 spiro atoms. The normalized spacial score (nSPS) is 39.9. The van der Waals surface area contributed by atoms with Crippen LogP contribution in [0.25, 0.3) is 0 Å². The molecule has 2 heterocycles. The van der Waals surface area contributed by atoms with Crippen LogP contribution in [-0.2, 0) is 4.84 Å². The van der Waals surface area contributed by atoms with Crippen LogP contribution < -0.4 is 0 Å². The van der Waals surface area contributed by atoms with Crippen LogP contribution in [0.5, 0.6) is 0 Å². The number of hydrogen-bond acceptors (Lipinski definition) is 3. The monoisotopic (exact) mass is 127 g/mol. The Labute approximate surface area is 52.8 Å². The molecule has 0 bridgehead atoms. The smallest absolute Gasteiger partial charge is 0.224 e. The maximum atomic E-state index is 4.99. The van der Waals surface area contributed by atoms with E-state index in [4.69, 9.17) is 4.84 Å². The number of rotatable bonds is 0. The van der Waals surface area contributed by atoms with Gasteiger partial charge < -0.3 is 0 Å². The summed E-state index contributed by atoms with van der Waals surface area (Å²) in [5, 5.41) is 1.28. The minimum Gasteiger partial charge on any atom is -0.224 e. The zero-order valence-corrected chi connectivity index (χ0v) is 5.01. The van der Waals surface area contributed by atoms with E-state index < -0.39 is 5.06 Å². The Bertz CT molecular complexity index is 177. The molecule has 0 aromatic heterocycles. The Balaban J connectivity index is 2.33. The van der Waals surface area contributed by atoms with Gasteiger partial charge in [0.15, 0.2) is 0 Å². The zero-order valence-electron chi connectivity index (χ0n) is 4.11. The topological polar surface area (TPSA) is 15.5 Å². The molecule has 2 rings (SSSR count). The van der Waals surface area contributed by atoms with Gasteiger partial charge in [-0.15, -0.1) is 12.6 Å². The van der Waals surface area contributed by atoms with Crippen LogP contribution in [0.4, 0.5) is 0 Å². The number of nitrogens with zero attached hydrogens (tertiary/aromatic N) is 1. The first-order valence-electron chi connectivity index (χ1n) is 2.38. The third kappa shape index (κ3) is 0.428. The Morgan fingerprint density at radius 2 is 2.38 bits per heavy atom. The van der Waals surface area contributed by atoms with Crippen LogP contribution in [0, 0.1) is 0 Å². The average molecular weight is 127 g/mol. The summed E-state index contributed by atoms with van der Waals surface area (Å²) in [6.45, 7) is 0. The van der Waals surface area contributed by atoms with Crippen LogP contribution >= 0.6 is 12.6 Å². The average Bonchev–Trinajstić information content (AvgIpc) is 2.39. The predicted molar refractivity (Wildman–Crippen MR) is 32.9 cm³/mol. The van der Waals surface area contributed by atoms with Gasteiger partial charge in [-0.05, 0) is 12.2 Å². The predicted octanol–water partition coefficient (Wildman–Crippen LogP) is 0.901. The molecule has 0 aromatic carbocycles. The van der Waals surface area contributed by atoms with Crippen molar-refractivity contribution in [2.24, 2.45) is 0 Å². The molecular weight excluding hydrogens is 122 g/mol. The van der Waals surface area contributed by atoms with Gasteiger partial charge in [-0.2, -0.15) is 0 Å². The van der Waals surface area contributed by atoms with E-state index >= 15 is 0 Å². The van der Waals surface area contributed by atoms with Gasteiger partial charge >= 0.3 is 0 Å². The first-order chi connectivity index (χ1) is 3.81. The minimum absolute atomic E-state index is 0.394. The summed E-state index contributed by atoms with van der Waals surface area (Å²) < 4.78 is 0. The molecule has 0 aliphatic carbocycles. The van der Waals surface area contributed by atoms with Gasteiger partial charge in [-0.25, -0.2) is 9.90 Å². The van der Waals surface area contributed by atoms with Crippen molar-refractivity contribution >= 4 is 12.6 Å². The fourth-order valence-electron chi connectivity index (χ4n) is 0.674. The fraction of sp³-hybridized carbons (Fsp3) is 0.200. The molecule has 0 saturated carbocycles. The molecule has 1 atom stereocenters. The maximum Gasteiger partial charge on any atom is 0.253 e. The largest absolute Gasteiger partial charge is 0.253 e. The van der Waals surface area contributed by atoms with E-state index in [2.05, 4.69) is 12.6 Å². The highest BCUT2D eigenvalue weighted by Gasteiger charge is 2.48. The zero-order chi connectivity index (χ0) is 5.61. The third-order valence-corrected chi connectivity index (χ3v) is 1.59. The lowest BCUT2D eigenvalue weighted by molar-refractivity contribution is 0.257. The molecule has 0 N–H and O–H groups in total. The lowest BCUT2D eigenvalue weighted by atomic mass is 10.4. The lowest BCUT2D eigenvalue weighted by Crippen LogP contribution is -2.03. The molecule has 2 aliphatic heterocycles. The van der Waals surface area contributed by atoms with Crippen LogP contribution in [0.15, 0.2) is 24.4 Å². The van der Waals surface area contributed by atoms with Gasteiger partial charge in [0.25, 0.3) is 5.06 Å². The highest BCUT2D eigenvalue weighted by Crippen LogP contribution is 2.41. The molecule has 0 radical (unpaired) electrons. The Hall–Kier alpha value is -0.410. The first-order valence-corrected chi connectivity index (χ1v) is 2.83. The summed E-state index contributed by atoms with van der Waals surface area (Å²) in [5.41, 5.74) is 0. The molecule has 3 heteroatoms. The molecule has 0 amide bonds.